The molecule has 0 aromatic heterocycles. The average molecular weight is 439 g/mol. The van der Waals surface area contributed by atoms with Crippen LogP contribution in [0.4, 0.5) is 24.5 Å². The Morgan fingerprint density at radius 2 is 1.72 bits per heavy atom. The molecule has 1 saturated heterocycles. The first-order chi connectivity index (χ1) is 15.3. The molecule has 32 heavy (non-hydrogen) atoms. The molecule has 0 saturated carbocycles. The molecule has 1 aliphatic heterocycles. The fourth-order valence-electron chi connectivity index (χ4n) is 3.95. The summed E-state index contributed by atoms with van der Waals surface area (Å²) in [6, 6.07) is 14.4. The number of carbonyl (C=O) groups is 1. The number of halogens is 3. The standard InChI is InChI=1S/C25H24F3N3O/c1-30(2)20-11-12-31(15-20)24-10-8-19(14-23(24)28)29-25(32)17-5-9-21(22(27)13-17)16-3-6-18(26)7-4-16/h3-10,13-14,20H,11-12,15H2,1-2H3,(H,29,32). The van der Waals surface area contributed by atoms with E-state index in [4.69, 9.17) is 0 Å². The summed E-state index contributed by atoms with van der Waals surface area (Å²) in [7, 11) is 4.02. The zero-order valence-electron chi connectivity index (χ0n) is 17.9. The van der Waals surface area contributed by atoms with Gasteiger partial charge in [-0.25, -0.2) is 13.2 Å². The lowest BCUT2D eigenvalue weighted by atomic mass is 10.0. The van der Waals surface area contributed by atoms with E-state index in [1.165, 1.54) is 42.5 Å². The molecule has 0 bridgehead atoms. The molecule has 4 rings (SSSR count). The second kappa shape index (κ2) is 9.04. The van der Waals surface area contributed by atoms with Crippen LogP contribution in [0.1, 0.15) is 16.8 Å². The number of likely N-dealkylation sites (N-methyl/N-ethyl adjacent to an activating group) is 1. The fraction of sp³-hybridized carbons (Fsp3) is 0.240. The molecular weight excluding hydrogens is 415 g/mol. The number of rotatable bonds is 5. The molecule has 1 aliphatic rings. The normalized spacial score (nSPS) is 15.9. The maximum absolute atomic E-state index is 14.7. The molecule has 0 aliphatic carbocycles. The van der Waals surface area contributed by atoms with Crippen LogP contribution in [-0.4, -0.2) is 44.0 Å². The number of benzene rings is 3. The number of hydrogen-bond acceptors (Lipinski definition) is 3. The van der Waals surface area contributed by atoms with Gasteiger partial charge in [0.15, 0.2) is 0 Å². The molecule has 3 aromatic rings. The molecule has 166 valence electrons. The zero-order valence-corrected chi connectivity index (χ0v) is 17.9. The van der Waals surface area contributed by atoms with Crippen molar-refractivity contribution in [2.45, 2.75) is 12.5 Å². The molecule has 1 atom stereocenters. The number of hydrogen-bond donors (Lipinski definition) is 1. The molecule has 4 nitrogen and oxygen atoms in total. The van der Waals surface area contributed by atoms with Gasteiger partial charge in [0.2, 0.25) is 0 Å². The van der Waals surface area contributed by atoms with Crippen molar-refractivity contribution in [2.24, 2.45) is 0 Å². The Morgan fingerprint density at radius 3 is 2.34 bits per heavy atom. The predicted octanol–water partition coefficient (Wildman–Crippen LogP) is 5.16. The summed E-state index contributed by atoms with van der Waals surface area (Å²) >= 11 is 0. The van der Waals surface area contributed by atoms with Gasteiger partial charge in [-0.2, -0.15) is 0 Å². The van der Waals surface area contributed by atoms with E-state index in [2.05, 4.69) is 10.2 Å². The van der Waals surface area contributed by atoms with Gasteiger partial charge in [0.05, 0.1) is 5.69 Å². The predicted molar refractivity (Wildman–Crippen MR) is 120 cm³/mol. The zero-order chi connectivity index (χ0) is 22.8. The highest BCUT2D eigenvalue weighted by molar-refractivity contribution is 6.04. The van der Waals surface area contributed by atoms with Gasteiger partial charge in [0.25, 0.3) is 5.91 Å². The topological polar surface area (TPSA) is 35.6 Å². The number of amides is 1. The van der Waals surface area contributed by atoms with Crippen LogP contribution < -0.4 is 10.2 Å². The van der Waals surface area contributed by atoms with Crippen molar-refractivity contribution in [3.63, 3.8) is 0 Å². The SMILES string of the molecule is CN(C)C1CCN(c2ccc(NC(=O)c3ccc(-c4ccc(F)cc4)c(F)c3)cc2F)C1. The van der Waals surface area contributed by atoms with Crippen molar-refractivity contribution in [3.05, 3.63) is 83.7 Å². The van der Waals surface area contributed by atoms with Crippen molar-refractivity contribution < 1.29 is 18.0 Å². The maximum atomic E-state index is 14.7. The van der Waals surface area contributed by atoms with E-state index in [-0.39, 0.29) is 11.1 Å². The Morgan fingerprint density at radius 1 is 0.969 bits per heavy atom. The van der Waals surface area contributed by atoms with Crippen molar-refractivity contribution in [3.8, 4) is 11.1 Å². The molecule has 1 fully saturated rings. The quantitative estimate of drug-likeness (QED) is 0.596. The summed E-state index contributed by atoms with van der Waals surface area (Å²) in [5, 5.41) is 2.62. The highest BCUT2D eigenvalue weighted by atomic mass is 19.1. The van der Waals surface area contributed by atoms with E-state index < -0.39 is 23.4 Å². The Hall–Kier alpha value is -3.32. The van der Waals surface area contributed by atoms with E-state index in [1.54, 1.807) is 12.1 Å². The van der Waals surface area contributed by atoms with Gasteiger partial charge in [0, 0.05) is 35.9 Å². The third-order valence-electron chi connectivity index (χ3n) is 5.83. The summed E-state index contributed by atoms with van der Waals surface area (Å²) in [5.41, 5.74) is 1.67. The lowest BCUT2D eigenvalue weighted by molar-refractivity contribution is 0.102. The van der Waals surface area contributed by atoms with Crippen LogP contribution in [0.3, 0.4) is 0 Å². The van der Waals surface area contributed by atoms with Crippen LogP contribution >= 0.6 is 0 Å². The van der Waals surface area contributed by atoms with Crippen LogP contribution in [0.25, 0.3) is 11.1 Å². The highest BCUT2D eigenvalue weighted by Crippen LogP contribution is 2.28. The Bertz CT molecular complexity index is 1130. The summed E-state index contributed by atoms with van der Waals surface area (Å²) in [5.74, 6) is -1.98. The molecular formula is C25H24F3N3O. The molecule has 7 heteroatoms. The molecule has 1 amide bonds. The van der Waals surface area contributed by atoms with Crippen LogP contribution in [-0.2, 0) is 0 Å². The van der Waals surface area contributed by atoms with Crippen LogP contribution in [0.5, 0.6) is 0 Å². The van der Waals surface area contributed by atoms with Gasteiger partial charge in [-0.3, -0.25) is 4.79 Å². The largest absolute Gasteiger partial charge is 0.368 e. The van der Waals surface area contributed by atoms with Gasteiger partial charge in [-0.15, -0.1) is 0 Å². The smallest absolute Gasteiger partial charge is 0.255 e. The van der Waals surface area contributed by atoms with Gasteiger partial charge >= 0.3 is 0 Å². The lowest BCUT2D eigenvalue weighted by Gasteiger charge is -2.22. The monoisotopic (exact) mass is 439 g/mol. The lowest BCUT2D eigenvalue weighted by Crippen LogP contribution is -2.31. The van der Waals surface area contributed by atoms with E-state index in [0.717, 1.165) is 25.6 Å². The number of nitrogens with zero attached hydrogens (tertiary/aromatic N) is 2. The highest BCUT2D eigenvalue weighted by Gasteiger charge is 2.26. The molecule has 0 spiro atoms. The first kappa shape index (κ1) is 21.9. The average Bonchev–Trinajstić information content (AvgIpc) is 3.25. The van der Waals surface area contributed by atoms with Gasteiger partial charge < -0.3 is 15.1 Å². The van der Waals surface area contributed by atoms with Gasteiger partial charge in [0.1, 0.15) is 17.5 Å². The first-order valence-electron chi connectivity index (χ1n) is 10.4. The van der Waals surface area contributed by atoms with Gasteiger partial charge in [-0.05, 0) is 68.5 Å². The molecule has 3 aromatic carbocycles. The molecule has 0 radical (unpaired) electrons. The molecule has 1 N–H and O–H groups in total. The molecule has 1 heterocycles. The van der Waals surface area contributed by atoms with Crippen molar-refractivity contribution in [1.82, 2.24) is 4.90 Å². The Labute approximate surface area is 185 Å². The summed E-state index contributed by atoms with van der Waals surface area (Å²) in [6.07, 6.45) is 0.963. The van der Waals surface area contributed by atoms with Crippen LogP contribution in [0.2, 0.25) is 0 Å². The maximum Gasteiger partial charge on any atom is 0.255 e. The van der Waals surface area contributed by atoms with Crippen LogP contribution in [0, 0.1) is 17.5 Å². The van der Waals surface area contributed by atoms with E-state index in [0.29, 0.717) is 23.0 Å². The summed E-state index contributed by atoms with van der Waals surface area (Å²) in [4.78, 5) is 16.7. The Balaban J connectivity index is 1.46. The minimum Gasteiger partial charge on any atom is -0.368 e. The number of nitrogens with one attached hydrogen (secondary N) is 1. The van der Waals surface area contributed by atoms with E-state index in [9.17, 15) is 18.0 Å². The molecule has 1 unspecified atom stereocenters. The van der Waals surface area contributed by atoms with E-state index >= 15 is 0 Å². The summed E-state index contributed by atoms with van der Waals surface area (Å²) < 4.78 is 42.4. The van der Waals surface area contributed by atoms with Gasteiger partial charge in [-0.1, -0.05) is 18.2 Å². The third-order valence-corrected chi connectivity index (χ3v) is 5.83. The van der Waals surface area contributed by atoms with E-state index in [1.807, 2.05) is 19.0 Å². The second-order valence-corrected chi connectivity index (χ2v) is 8.17. The Kier molecular flexibility index (Phi) is 6.19. The number of anilines is 2. The summed E-state index contributed by atoms with van der Waals surface area (Å²) in [6.45, 7) is 1.51. The second-order valence-electron chi connectivity index (χ2n) is 8.17. The number of carbonyl (C=O) groups excluding carboxylic acids is 1. The minimum atomic E-state index is -0.602. The van der Waals surface area contributed by atoms with Crippen molar-refractivity contribution >= 4 is 17.3 Å². The first-order valence-corrected chi connectivity index (χ1v) is 10.4. The fourth-order valence-corrected chi connectivity index (χ4v) is 3.95. The third kappa shape index (κ3) is 4.62. The van der Waals surface area contributed by atoms with Crippen molar-refractivity contribution in [1.29, 1.82) is 0 Å². The minimum absolute atomic E-state index is 0.103. The van der Waals surface area contributed by atoms with Crippen LogP contribution in [0.15, 0.2) is 60.7 Å². The van der Waals surface area contributed by atoms with Crippen molar-refractivity contribution in [2.75, 3.05) is 37.4 Å².